The third kappa shape index (κ3) is 60.4. The zero-order valence-electron chi connectivity index (χ0n) is 74.9. The summed E-state index contributed by atoms with van der Waals surface area (Å²) in [6, 6.07) is 158. The van der Waals surface area contributed by atoms with Crippen molar-refractivity contribution in [1.29, 1.82) is 0 Å². The fourth-order valence-electron chi connectivity index (χ4n) is 13.0. The first-order valence-electron chi connectivity index (χ1n) is 40.9. The standard InChI is InChI=1S/2C37H31P3.4C7H4N.4CH2Cl2.6Cu.2F6P/c2*1-7-19-31(20-8-1)38(32-21-9-2-10-22-32)37(39(33-23-11-3-12-24-33)34-25-13-4-14-26-34)40(35-27-15-5-16-28-35)36-29-17-6-18-30-36;4*1-2-7-5-3-4-6-8-7;4*2-1-3;;;;;;;2*1-7(2,3,4,5)6/h2*1-30,37H;4*3-6H;4*1H2;;;;;;;;/q;;4*-1;;;;;6*+1;2*-1/p+6. The molecule has 4 nitrogen and oxygen atoms in total. The first-order valence-corrected chi connectivity index (χ1v) is 58.7. The molecule has 38 heteroatoms. The molecule has 0 aliphatic heterocycles. The molecular formula is C106H92Cl8Cu6F12N4P8+6. The van der Waals surface area contributed by atoms with Crippen LogP contribution >= 0.6 is 156 Å². The fourth-order valence-corrected chi connectivity index (χ4v) is 44.6. The molecular weight excluding hydrogens is 2470 g/mol. The van der Waals surface area contributed by atoms with E-state index in [-0.39, 0.29) is 124 Å². The van der Waals surface area contributed by atoms with Crippen molar-refractivity contribution in [2.75, 3.05) is 21.4 Å². The quantitative estimate of drug-likeness (QED) is 0.0215. The average Bonchev–Trinajstić information content (AvgIpc) is 0.760. The Morgan fingerprint density at radius 2 is 0.264 bits per heavy atom. The molecule has 0 spiro atoms. The fraction of sp³-hybridized carbons (Fsp3) is 0.0566. The number of hydrogen-bond acceptors (Lipinski definition) is 4. The van der Waals surface area contributed by atoms with Crippen molar-refractivity contribution in [2.24, 2.45) is 0 Å². The summed E-state index contributed by atoms with van der Waals surface area (Å²) < 4.78 is 118. The molecule has 0 amide bonds. The Labute approximate surface area is 947 Å². The van der Waals surface area contributed by atoms with Crippen molar-refractivity contribution in [3.8, 4) is 23.7 Å². The van der Waals surface area contributed by atoms with Crippen LogP contribution in [-0.4, -0.2) is 51.6 Å². The van der Waals surface area contributed by atoms with Crippen LogP contribution in [0, 0.1) is 49.4 Å². The van der Waals surface area contributed by atoms with Gasteiger partial charge in [0.25, 0.3) is 10.3 Å². The topological polar surface area (TPSA) is 51.6 Å². The maximum absolute atomic E-state index is 10.7. The Bertz CT molecular complexity index is 5030. The number of nitrogens with zero attached hydrogens (tertiary/aromatic N) is 4. The Morgan fingerprint density at radius 3 is 0.326 bits per heavy atom. The molecule has 0 aliphatic carbocycles. The van der Waals surface area contributed by atoms with Crippen molar-refractivity contribution < 1.29 is 153 Å². The smallest absolute Gasteiger partial charge is 0.364 e. The van der Waals surface area contributed by atoms with Gasteiger partial charge in [0.1, 0.15) is 111 Å². The van der Waals surface area contributed by atoms with Gasteiger partial charge in [-0.15, -0.1) is 117 Å². The molecule has 0 bridgehead atoms. The molecule has 0 N–H and O–H groups in total. The van der Waals surface area contributed by atoms with E-state index >= 15 is 0 Å². The molecule has 0 aliphatic rings. The van der Waals surface area contributed by atoms with Gasteiger partial charge in [-0.25, -0.2) is 0 Å². The van der Waals surface area contributed by atoms with E-state index in [4.69, 9.17) is 119 Å². The number of pyridine rings is 4. The van der Waals surface area contributed by atoms with Gasteiger partial charge < -0.3 is 45.6 Å². The Balaban J connectivity index is 0. The number of benzene rings is 12. The summed E-state index contributed by atoms with van der Waals surface area (Å²) in [4.78, 5) is 15.2. The van der Waals surface area contributed by atoms with Crippen LogP contribution in [-0.2, 0) is 102 Å². The van der Waals surface area contributed by atoms with Crippen LogP contribution in [0.25, 0.3) is 0 Å². The van der Waals surface area contributed by atoms with Crippen molar-refractivity contribution in [1.82, 2.24) is 19.9 Å². The number of rotatable bonds is 18. The number of halogens is 20. The van der Waals surface area contributed by atoms with Gasteiger partial charge in [0, 0.05) is 24.8 Å². The third-order valence-corrected chi connectivity index (χ3v) is 43.2. The van der Waals surface area contributed by atoms with Gasteiger partial charge in [-0.05, 0) is 193 Å². The second-order valence-corrected chi connectivity index (χ2v) is 53.3. The normalized spacial score (nSPS) is 10.8. The SMILES string of the molecule is ClCCl.ClCCl.ClCCl.ClCCl.F[P-](F)(F)(F)(F)F.F[P-](F)(F)(F)(F)F.[C-]#Cc1ccccn1.[C-]#Cc1ccccn1.[C-]#Cc1ccccn1.[C-]#Cc1ccccn1.[Cu+].[Cu+].[Cu+].[Cu+].[Cu+].[Cu+].c1ccc([PH+](c2ccccc2)C([PH+](c2ccccc2)c2ccccc2)[PH+](c2ccccc2)c2ccccc2)cc1.c1ccc([PH+](c2ccccc2)C([PH+](c2ccccc2)c2ccccc2)[PH+](c2ccccc2)c2ccccc2)cc1. The zero-order chi connectivity index (χ0) is 101. The third-order valence-electron chi connectivity index (χ3n) is 17.9. The molecule has 16 rings (SSSR count). The van der Waals surface area contributed by atoms with E-state index in [1.54, 1.807) is 73.3 Å². The predicted molar refractivity (Wildman–Crippen MR) is 586 cm³/mol. The molecule has 16 aromatic rings. The number of alkyl halides is 8. The molecule has 4 heterocycles. The second-order valence-electron chi connectivity index (χ2n) is 27.4. The van der Waals surface area contributed by atoms with E-state index < -0.39 is 63.1 Å². The predicted octanol–water partition coefficient (Wildman–Crippen LogP) is 30.2. The zero-order valence-corrected chi connectivity index (χ0v) is 94.4. The maximum atomic E-state index is 9.87. The van der Waals surface area contributed by atoms with Crippen molar-refractivity contribution in [3.05, 3.63) is 510 Å². The van der Waals surface area contributed by atoms with Crippen LogP contribution in [0.3, 0.4) is 0 Å². The van der Waals surface area contributed by atoms with Crippen LogP contribution in [0.5, 0.6) is 0 Å². The molecule has 0 unspecified atom stereocenters. The first kappa shape index (κ1) is 140. The van der Waals surface area contributed by atoms with Gasteiger partial charge in [0.05, 0.1) is 21.4 Å². The molecule has 12 aromatic carbocycles. The van der Waals surface area contributed by atoms with Crippen LogP contribution in [0.4, 0.5) is 50.4 Å². The molecule has 4 aromatic heterocycles. The van der Waals surface area contributed by atoms with Crippen LogP contribution < -0.4 is 63.7 Å². The molecule has 144 heavy (non-hydrogen) atoms. The monoisotopic (exact) mass is 2550 g/mol. The second kappa shape index (κ2) is 74.4. The van der Waals surface area contributed by atoms with E-state index in [0.717, 1.165) is 0 Å². The van der Waals surface area contributed by atoms with E-state index in [0.29, 0.717) is 33.1 Å². The van der Waals surface area contributed by atoms with Gasteiger partial charge in [-0.1, -0.05) is 243 Å². The summed E-state index contributed by atoms with van der Waals surface area (Å²) in [7, 11) is -28.7. The minimum atomic E-state index is -10.7. The van der Waals surface area contributed by atoms with Gasteiger partial charge in [0.15, 0.2) is 0 Å². The first-order chi connectivity index (χ1) is 66.1. The van der Waals surface area contributed by atoms with Gasteiger partial charge in [-0.3, -0.25) is 23.7 Å². The van der Waals surface area contributed by atoms with Crippen LogP contribution in [0.1, 0.15) is 22.8 Å². The van der Waals surface area contributed by atoms with E-state index in [1.807, 2.05) is 24.3 Å². The molecule has 0 radical (unpaired) electrons. The summed E-state index contributed by atoms with van der Waals surface area (Å²) in [6.45, 7) is 0. The molecule has 0 saturated carbocycles. The Hall–Kier alpha value is -6.48. The molecule has 0 fully saturated rings. The van der Waals surface area contributed by atoms with Gasteiger partial charge >= 0.3 is 168 Å². The van der Waals surface area contributed by atoms with E-state index in [1.165, 1.54) is 63.7 Å². The Kier molecular flexibility index (Phi) is 72.1. The summed E-state index contributed by atoms with van der Waals surface area (Å²) in [5, 5.41) is 19.7. The minimum Gasteiger partial charge on any atom is -0.364 e. The largest absolute Gasteiger partial charge is 1.00 e. The summed E-state index contributed by atoms with van der Waals surface area (Å²) in [5.41, 5.74) is 2.31. The van der Waals surface area contributed by atoms with Crippen LogP contribution in [0.15, 0.2) is 462 Å². The van der Waals surface area contributed by atoms with Crippen LogP contribution in [0.2, 0.25) is 0 Å². The molecule has 0 saturated heterocycles. The summed E-state index contributed by atoms with van der Waals surface area (Å²) in [5.74, 6) is 8.66. The molecule has 0 atom stereocenters. The number of hydrogen-bond donors (Lipinski definition) is 0. The van der Waals surface area contributed by atoms with Crippen molar-refractivity contribution >= 4 is 220 Å². The molecule has 776 valence electrons. The van der Waals surface area contributed by atoms with Gasteiger partial charge in [0.2, 0.25) is 0 Å². The maximum Gasteiger partial charge on any atom is 1.00 e. The van der Waals surface area contributed by atoms with Crippen molar-refractivity contribution in [3.63, 3.8) is 0 Å². The van der Waals surface area contributed by atoms with Crippen molar-refractivity contribution in [2.45, 2.75) is 10.3 Å². The Morgan fingerprint density at radius 1 is 0.181 bits per heavy atom. The number of aromatic nitrogens is 4. The summed E-state index contributed by atoms with van der Waals surface area (Å²) in [6.07, 6.45) is 33.1. The summed E-state index contributed by atoms with van der Waals surface area (Å²) >= 11 is 38.1. The van der Waals surface area contributed by atoms with E-state index in [9.17, 15) is 50.4 Å². The minimum absolute atomic E-state index is 0. The van der Waals surface area contributed by atoms with E-state index in [2.05, 4.69) is 408 Å². The van der Waals surface area contributed by atoms with Gasteiger partial charge in [-0.2, -0.15) is 0 Å². The average molecular weight is 2560 g/mol.